The molecule has 0 N–H and O–H groups in total. The molecule has 0 heterocycles. The van der Waals surface area contributed by atoms with Crippen LogP contribution in [0.15, 0.2) is 156 Å². The second-order valence-electron chi connectivity index (χ2n) is 18.6. The first-order chi connectivity index (χ1) is 27.3. The Morgan fingerprint density at radius 2 is 1.42 bits per heavy atom. The van der Waals surface area contributed by atoms with Crippen LogP contribution < -0.4 is 0 Å². The van der Waals surface area contributed by atoms with E-state index < -0.39 is 0 Å². The van der Waals surface area contributed by atoms with E-state index in [1.807, 2.05) is 0 Å². The van der Waals surface area contributed by atoms with Gasteiger partial charge in [0.05, 0.1) is 12.1 Å². The van der Waals surface area contributed by atoms with Gasteiger partial charge in [0.25, 0.3) is 0 Å². The largest absolute Gasteiger partial charge is 0.361 e. The van der Waals surface area contributed by atoms with E-state index in [4.69, 9.17) is 0 Å². The molecule has 9 rings (SSSR count). The van der Waals surface area contributed by atoms with Crippen molar-refractivity contribution < 1.29 is 0 Å². The summed E-state index contributed by atoms with van der Waals surface area (Å²) in [5.41, 5.74) is 7.92. The van der Waals surface area contributed by atoms with Gasteiger partial charge in [-0.2, -0.15) is 0 Å². The van der Waals surface area contributed by atoms with Gasteiger partial charge >= 0.3 is 0 Å². The van der Waals surface area contributed by atoms with Crippen LogP contribution in [-0.2, 0) is 0 Å². The minimum atomic E-state index is 0.318. The average Bonchev–Trinajstić information content (AvgIpc) is 3.28. The summed E-state index contributed by atoms with van der Waals surface area (Å²) in [5, 5.41) is 0. The Bertz CT molecular complexity index is 1780. The fraction of sp³-hybridized carbons (Fsp3) is 0.519. The summed E-state index contributed by atoms with van der Waals surface area (Å²) < 4.78 is 0. The molecule has 1 fully saturated rings. The van der Waals surface area contributed by atoms with Gasteiger partial charge in [-0.05, 0) is 161 Å². The van der Waals surface area contributed by atoms with Gasteiger partial charge in [0.15, 0.2) is 0 Å². The molecule has 0 aromatic heterocycles. The molecule has 0 aromatic carbocycles. The molecule has 55 heavy (non-hydrogen) atoms. The summed E-state index contributed by atoms with van der Waals surface area (Å²) in [7, 11) is 0. The van der Waals surface area contributed by atoms with E-state index in [-0.39, 0.29) is 0 Å². The van der Waals surface area contributed by atoms with Crippen molar-refractivity contribution in [1.29, 1.82) is 0 Å². The molecular weight excluding hydrogens is 663 g/mol. The van der Waals surface area contributed by atoms with Crippen molar-refractivity contribution in [3.8, 4) is 0 Å². The lowest BCUT2D eigenvalue weighted by atomic mass is 9.67. The highest BCUT2D eigenvalue weighted by Crippen LogP contribution is 2.46. The lowest BCUT2D eigenvalue weighted by Crippen LogP contribution is -2.46. The van der Waals surface area contributed by atoms with E-state index in [1.165, 1.54) is 120 Å². The Hall–Kier alpha value is -3.58. The Labute approximate surface area is 334 Å². The molecule has 9 aliphatic carbocycles. The fourth-order valence-corrected chi connectivity index (χ4v) is 12.1. The average molecular weight is 730 g/mol. The van der Waals surface area contributed by atoms with Crippen molar-refractivity contribution in [2.24, 2.45) is 47.3 Å². The predicted molar refractivity (Wildman–Crippen MR) is 234 cm³/mol. The van der Waals surface area contributed by atoms with Crippen LogP contribution in [-0.4, -0.2) is 17.0 Å². The molecular formula is C54H67N. The molecule has 9 atom stereocenters. The molecule has 1 nitrogen and oxygen atoms in total. The highest BCUT2D eigenvalue weighted by atomic mass is 15.2. The lowest BCUT2D eigenvalue weighted by Gasteiger charge is -2.45. The van der Waals surface area contributed by atoms with Crippen LogP contribution in [0.2, 0.25) is 0 Å². The number of hydrogen-bond acceptors (Lipinski definition) is 1. The summed E-state index contributed by atoms with van der Waals surface area (Å²) in [5.74, 6) is 5.68. The van der Waals surface area contributed by atoms with Crippen LogP contribution in [0.5, 0.6) is 0 Å². The molecule has 0 saturated heterocycles. The monoisotopic (exact) mass is 730 g/mol. The Kier molecular flexibility index (Phi) is 11.9. The van der Waals surface area contributed by atoms with E-state index in [2.05, 4.69) is 132 Å². The van der Waals surface area contributed by atoms with Crippen molar-refractivity contribution in [2.45, 2.75) is 128 Å². The zero-order valence-corrected chi connectivity index (χ0v) is 33.6. The van der Waals surface area contributed by atoms with E-state index in [1.54, 1.807) is 11.1 Å². The van der Waals surface area contributed by atoms with Gasteiger partial charge in [0.2, 0.25) is 0 Å². The molecule has 0 spiro atoms. The second-order valence-corrected chi connectivity index (χ2v) is 18.6. The maximum absolute atomic E-state index is 2.87. The van der Waals surface area contributed by atoms with Crippen molar-refractivity contribution >= 4 is 0 Å². The van der Waals surface area contributed by atoms with E-state index in [9.17, 15) is 0 Å². The van der Waals surface area contributed by atoms with Gasteiger partial charge < -0.3 is 4.90 Å². The maximum atomic E-state index is 2.87. The maximum Gasteiger partial charge on any atom is 0.0582 e. The van der Waals surface area contributed by atoms with Crippen molar-refractivity contribution in [3.63, 3.8) is 0 Å². The molecule has 0 aromatic rings. The fourth-order valence-electron chi connectivity index (χ4n) is 12.1. The van der Waals surface area contributed by atoms with Crippen molar-refractivity contribution in [2.75, 3.05) is 0 Å². The van der Waals surface area contributed by atoms with Crippen LogP contribution in [0.4, 0.5) is 0 Å². The van der Waals surface area contributed by atoms with Crippen molar-refractivity contribution in [3.05, 3.63) is 156 Å². The Morgan fingerprint density at radius 3 is 2.15 bits per heavy atom. The van der Waals surface area contributed by atoms with Crippen LogP contribution in [0.25, 0.3) is 0 Å². The van der Waals surface area contributed by atoms with Crippen LogP contribution in [0.3, 0.4) is 0 Å². The topological polar surface area (TPSA) is 3.24 Å². The molecule has 9 aliphatic rings. The molecule has 9 unspecified atom stereocenters. The van der Waals surface area contributed by atoms with Gasteiger partial charge in [0.1, 0.15) is 0 Å². The number of hydrogen-bond donors (Lipinski definition) is 0. The summed E-state index contributed by atoms with van der Waals surface area (Å²) in [4.78, 5) is 2.87. The highest BCUT2D eigenvalue weighted by molar-refractivity contribution is 5.45. The van der Waals surface area contributed by atoms with Gasteiger partial charge in [-0.1, -0.05) is 146 Å². The van der Waals surface area contributed by atoms with Crippen molar-refractivity contribution in [1.82, 2.24) is 4.90 Å². The van der Waals surface area contributed by atoms with Crippen LogP contribution in [0.1, 0.15) is 116 Å². The number of nitrogens with zero attached hydrogens (tertiary/aromatic N) is 1. The van der Waals surface area contributed by atoms with E-state index in [0.717, 1.165) is 42.4 Å². The predicted octanol–water partition coefficient (Wildman–Crippen LogP) is 14.1. The Balaban J connectivity index is 0.980. The lowest BCUT2D eigenvalue weighted by molar-refractivity contribution is 0.209. The molecule has 0 amide bonds. The smallest absolute Gasteiger partial charge is 0.0582 e. The number of allylic oxidation sites excluding steroid dienone is 21. The van der Waals surface area contributed by atoms with Crippen LogP contribution in [0, 0.1) is 47.3 Å². The molecule has 288 valence electrons. The molecule has 0 bridgehead atoms. The molecule has 1 heteroatoms. The first-order valence-corrected chi connectivity index (χ1v) is 22.9. The quantitative estimate of drug-likeness (QED) is 0.214. The minimum Gasteiger partial charge on any atom is -0.361 e. The van der Waals surface area contributed by atoms with Gasteiger partial charge in [-0.3, -0.25) is 0 Å². The van der Waals surface area contributed by atoms with Gasteiger partial charge in [-0.15, -0.1) is 0 Å². The first kappa shape index (κ1) is 37.0. The number of rotatable bonds is 9. The normalized spacial score (nSPS) is 36.2. The standard InChI is InChI=1S/C54H67N/c1-5-15-40(16-6-1)44-25-27-47(28-26-44)53-23-13-14-24-54(53)55(51-33-29-45(30-34-51)41-17-7-2-8-18-41)52-35-31-46(32-36-52)50-38-48(42-19-9-3-10-20-42)37-49(39-50)43-21-11-4-12-22-43/h1-3,5,7,9-10,13-14,19,23-25,27-29,31-33,35,39-44,48-49,52-54H,4,6,8,11-12,15-18,20-22,26,30,34,36-38H2. The summed E-state index contributed by atoms with van der Waals surface area (Å²) >= 11 is 0. The highest BCUT2D eigenvalue weighted by Gasteiger charge is 2.36. The zero-order valence-electron chi connectivity index (χ0n) is 33.6. The molecule has 0 aliphatic heterocycles. The second kappa shape index (κ2) is 17.7. The van der Waals surface area contributed by atoms with Gasteiger partial charge in [0, 0.05) is 11.6 Å². The van der Waals surface area contributed by atoms with E-state index in [0.29, 0.717) is 29.8 Å². The molecule has 1 saturated carbocycles. The third-order valence-corrected chi connectivity index (χ3v) is 15.3. The summed E-state index contributed by atoms with van der Waals surface area (Å²) in [6.07, 6.45) is 75.5. The summed E-state index contributed by atoms with van der Waals surface area (Å²) in [6.45, 7) is 0. The van der Waals surface area contributed by atoms with Crippen LogP contribution >= 0.6 is 0 Å². The molecule has 0 radical (unpaired) electrons. The third-order valence-electron chi connectivity index (χ3n) is 15.3. The Morgan fingerprint density at radius 1 is 0.564 bits per heavy atom. The summed E-state index contributed by atoms with van der Waals surface area (Å²) in [6, 6.07) is 0.681. The van der Waals surface area contributed by atoms with E-state index >= 15 is 0 Å². The SMILES string of the molecule is C1=CCC(C2CC(C3=CCC(N(C4=CC=C(C5CC=CCC5)CC4)C4C=CC=CC4C4=CCC(C5CC=CCC5)C=C4)C=C3)=CC(C3CCCCC3)C2)C=C1. The minimum absolute atomic E-state index is 0.318. The zero-order chi connectivity index (χ0) is 36.8. The van der Waals surface area contributed by atoms with Gasteiger partial charge in [-0.25, -0.2) is 0 Å². The first-order valence-electron chi connectivity index (χ1n) is 22.9. The third kappa shape index (κ3) is 8.57.